The van der Waals surface area contributed by atoms with Crippen molar-refractivity contribution in [1.29, 1.82) is 0 Å². The van der Waals surface area contributed by atoms with Gasteiger partial charge in [0.05, 0.1) is 4.92 Å². The van der Waals surface area contributed by atoms with Crippen molar-refractivity contribution in [1.82, 2.24) is 0 Å². The molecule has 1 aromatic heterocycles. The summed E-state index contributed by atoms with van der Waals surface area (Å²) in [7, 11) is 0. The number of nitrogens with zero attached hydrogens (tertiary/aromatic N) is 1. The van der Waals surface area contributed by atoms with Gasteiger partial charge < -0.3 is 14.3 Å². The predicted octanol–water partition coefficient (Wildman–Crippen LogP) is 3.23. The molecule has 2 aromatic rings. The quantitative estimate of drug-likeness (QED) is 0.661. The molecule has 104 valence electrons. The summed E-state index contributed by atoms with van der Waals surface area (Å²) >= 11 is 3.12. The molecule has 7 nitrogen and oxygen atoms in total. The third-order valence-electron chi connectivity index (χ3n) is 2.41. The van der Waals surface area contributed by atoms with Crippen molar-refractivity contribution in [2.75, 3.05) is 0 Å². The molecule has 0 atom stereocenters. The first-order valence-electron chi connectivity index (χ1n) is 5.36. The summed E-state index contributed by atoms with van der Waals surface area (Å²) in [6, 6.07) is 7.12. The average Bonchev–Trinajstić information content (AvgIpc) is 2.81. The summed E-state index contributed by atoms with van der Waals surface area (Å²) in [5.74, 6) is -1.05. The molecule has 0 aliphatic heterocycles. The van der Waals surface area contributed by atoms with Gasteiger partial charge in [0.25, 0.3) is 5.69 Å². The van der Waals surface area contributed by atoms with Crippen molar-refractivity contribution >= 4 is 27.6 Å². The molecule has 1 N–H and O–H groups in total. The molecule has 0 spiro atoms. The number of carbonyl (C=O) groups is 1. The maximum absolute atomic E-state index is 11.1. The van der Waals surface area contributed by atoms with Crippen LogP contribution in [0.15, 0.2) is 39.4 Å². The highest BCUT2D eigenvalue weighted by Gasteiger charge is 2.24. The highest BCUT2D eigenvalue weighted by molar-refractivity contribution is 9.10. The second kappa shape index (κ2) is 5.74. The summed E-state index contributed by atoms with van der Waals surface area (Å²) in [5.41, 5.74) is -1.00. The average molecular weight is 342 g/mol. The van der Waals surface area contributed by atoms with Gasteiger partial charge in [0.2, 0.25) is 0 Å². The van der Waals surface area contributed by atoms with Gasteiger partial charge in [0, 0.05) is 6.07 Å². The van der Waals surface area contributed by atoms with Gasteiger partial charge in [-0.3, -0.25) is 10.1 Å². The van der Waals surface area contributed by atoms with Crippen molar-refractivity contribution < 1.29 is 24.0 Å². The lowest BCUT2D eigenvalue weighted by Gasteiger charge is -2.07. The third kappa shape index (κ3) is 2.97. The summed E-state index contributed by atoms with van der Waals surface area (Å²) < 4.78 is 11.0. The first-order valence-corrected chi connectivity index (χ1v) is 6.16. The normalized spacial score (nSPS) is 10.2. The minimum absolute atomic E-state index is 0.0347. The second-order valence-corrected chi connectivity index (χ2v) is 4.49. The highest BCUT2D eigenvalue weighted by atomic mass is 79.9. The molecule has 0 unspecified atom stereocenters. The van der Waals surface area contributed by atoms with Gasteiger partial charge in [0.15, 0.2) is 10.2 Å². The number of nitro groups is 1. The molecule has 2 rings (SSSR count). The Morgan fingerprint density at radius 1 is 1.40 bits per heavy atom. The molecule has 0 fully saturated rings. The van der Waals surface area contributed by atoms with Crippen LogP contribution < -0.4 is 4.74 Å². The van der Waals surface area contributed by atoms with Crippen LogP contribution in [0.2, 0.25) is 0 Å². The van der Waals surface area contributed by atoms with Crippen LogP contribution in [0.4, 0.5) is 5.69 Å². The maximum atomic E-state index is 11.1. The van der Waals surface area contributed by atoms with Gasteiger partial charge in [-0.15, -0.1) is 0 Å². The summed E-state index contributed by atoms with van der Waals surface area (Å²) in [6.45, 7) is -0.0347. The molecule has 1 heterocycles. The van der Waals surface area contributed by atoms with E-state index in [1.165, 1.54) is 12.1 Å². The first-order chi connectivity index (χ1) is 9.49. The smallest absolute Gasteiger partial charge is 0.346 e. The topological polar surface area (TPSA) is 103 Å². The number of ether oxygens (including phenoxy) is 1. The molecule has 1 aromatic carbocycles. The highest BCUT2D eigenvalue weighted by Crippen LogP contribution is 2.29. The van der Waals surface area contributed by atoms with E-state index in [-0.39, 0.29) is 12.4 Å². The SMILES string of the molecule is O=C(O)c1c(OCc2ccc(Br)o2)cccc1[N+](=O)[O-]. The van der Waals surface area contributed by atoms with Crippen LogP contribution in [0.3, 0.4) is 0 Å². The molecular weight excluding hydrogens is 334 g/mol. The van der Waals surface area contributed by atoms with E-state index in [0.717, 1.165) is 6.07 Å². The molecule has 0 aliphatic rings. The lowest BCUT2D eigenvalue weighted by Crippen LogP contribution is -2.06. The number of rotatable bonds is 5. The van der Waals surface area contributed by atoms with E-state index in [2.05, 4.69) is 15.9 Å². The first kappa shape index (κ1) is 14.1. The van der Waals surface area contributed by atoms with Crippen molar-refractivity contribution in [3.63, 3.8) is 0 Å². The van der Waals surface area contributed by atoms with E-state index in [1.54, 1.807) is 12.1 Å². The van der Waals surface area contributed by atoms with E-state index in [9.17, 15) is 14.9 Å². The Bertz CT molecular complexity index is 666. The minimum Gasteiger partial charge on any atom is -0.484 e. The molecule has 0 bridgehead atoms. The van der Waals surface area contributed by atoms with Crippen LogP contribution in [0.5, 0.6) is 5.75 Å². The van der Waals surface area contributed by atoms with Gasteiger partial charge in [0.1, 0.15) is 18.1 Å². The van der Waals surface area contributed by atoms with E-state index in [0.29, 0.717) is 10.4 Å². The number of benzene rings is 1. The summed E-state index contributed by atoms with van der Waals surface area (Å²) in [4.78, 5) is 21.2. The van der Waals surface area contributed by atoms with Crippen LogP contribution in [-0.4, -0.2) is 16.0 Å². The van der Waals surface area contributed by atoms with Gasteiger partial charge in [-0.1, -0.05) is 6.07 Å². The van der Waals surface area contributed by atoms with E-state index in [4.69, 9.17) is 14.3 Å². The summed E-state index contributed by atoms with van der Waals surface area (Å²) in [5, 5.41) is 19.9. The number of nitro benzene ring substituents is 1. The Morgan fingerprint density at radius 2 is 2.15 bits per heavy atom. The zero-order valence-corrected chi connectivity index (χ0v) is 11.5. The van der Waals surface area contributed by atoms with Crippen molar-refractivity contribution in [2.45, 2.75) is 6.61 Å². The Balaban J connectivity index is 2.29. The molecule has 0 radical (unpaired) electrons. The van der Waals surface area contributed by atoms with Crippen LogP contribution in [0.1, 0.15) is 16.1 Å². The minimum atomic E-state index is -1.42. The zero-order valence-electron chi connectivity index (χ0n) is 9.91. The van der Waals surface area contributed by atoms with Crippen molar-refractivity contribution in [3.05, 3.63) is 56.4 Å². The Labute approximate surface area is 121 Å². The van der Waals surface area contributed by atoms with Crippen LogP contribution >= 0.6 is 15.9 Å². The van der Waals surface area contributed by atoms with Crippen LogP contribution in [0.25, 0.3) is 0 Å². The number of halogens is 1. The number of carboxylic acid groups (broad SMARTS) is 1. The van der Waals surface area contributed by atoms with Gasteiger partial charge in [-0.2, -0.15) is 0 Å². The number of furan rings is 1. The molecular formula is C12H8BrNO6. The molecule has 0 saturated carbocycles. The fourth-order valence-corrected chi connectivity index (χ4v) is 1.93. The monoisotopic (exact) mass is 341 g/mol. The van der Waals surface area contributed by atoms with Gasteiger partial charge in [-0.25, -0.2) is 4.79 Å². The second-order valence-electron chi connectivity index (χ2n) is 3.71. The number of hydrogen-bond acceptors (Lipinski definition) is 5. The van der Waals surface area contributed by atoms with E-state index in [1.807, 2.05) is 0 Å². The Morgan fingerprint density at radius 3 is 2.70 bits per heavy atom. The van der Waals surface area contributed by atoms with E-state index >= 15 is 0 Å². The van der Waals surface area contributed by atoms with Crippen LogP contribution in [-0.2, 0) is 6.61 Å². The fraction of sp³-hybridized carbons (Fsp3) is 0.0833. The molecule has 0 aliphatic carbocycles. The van der Waals surface area contributed by atoms with Crippen LogP contribution in [0, 0.1) is 10.1 Å². The number of hydrogen-bond donors (Lipinski definition) is 1. The molecule has 8 heteroatoms. The lowest BCUT2D eigenvalue weighted by molar-refractivity contribution is -0.385. The van der Waals surface area contributed by atoms with Gasteiger partial charge >= 0.3 is 5.97 Å². The molecule has 0 saturated heterocycles. The third-order valence-corrected chi connectivity index (χ3v) is 2.84. The van der Waals surface area contributed by atoms with Crippen molar-refractivity contribution in [3.8, 4) is 5.75 Å². The van der Waals surface area contributed by atoms with Crippen molar-refractivity contribution in [2.24, 2.45) is 0 Å². The molecule has 20 heavy (non-hydrogen) atoms. The number of carboxylic acids is 1. The van der Waals surface area contributed by atoms with Gasteiger partial charge in [-0.05, 0) is 34.1 Å². The number of aromatic carboxylic acids is 1. The maximum Gasteiger partial charge on any atom is 0.346 e. The Hall–Kier alpha value is -2.35. The largest absolute Gasteiger partial charge is 0.484 e. The Kier molecular flexibility index (Phi) is 4.04. The molecule has 0 amide bonds. The lowest BCUT2D eigenvalue weighted by atomic mass is 10.1. The zero-order chi connectivity index (χ0) is 14.7. The van der Waals surface area contributed by atoms with E-state index < -0.39 is 22.1 Å². The summed E-state index contributed by atoms with van der Waals surface area (Å²) in [6.07, 6.45) is 0. The standard InChI is InChI=1S/C12H8BrNO6/c13-10-5-4-7(20-10)6-19-9-3-1-2-8(14(17)18)11(9)12(15)16/h1-5H,6H2,(H,15,16). The predicted molar refractivity (Wildman–Crippen MR) is 70.8 cm³/mol. The fourth-order valence-electron chi connectivity index (χ4n) is 1.59.